The summed E-state index contributed by atoms with van der Waals surface area (Å²) in [5, 5.41) is 0. The predicted molar refractivity (Wildman–Crippen MR) is 74.8 cm³/mol. The lowest BCUT2D eigenvalue weighted by Crippen LogP contribution is -2.20. The fraction of sp³-hybridized carbons (Fsp3) is 0.286. The molecule has 0 saturated carbocycles. The van der Waals surface area contributed by atoms with Crippen molar-refractivity contribution in [1.82, 2.24) is 9.97 Å². The van der Waals surface area contributed by atoms with Crippen molar-refractivity contribution in [3.05, 3.63) is 53.2 Å². The minimum Gasteiger partial charge on any atom is -0.351 e. The van der Waals surface area contributed by atoms with E-state index in [0.29, 0.717) is 17.9 Å². The highest BCUT2D eigenvalue weighted by molar-refractivity contribution is 6.17. The topological polar surface area (TPSA) is 29.0 Å². The van der Waals surface area contributed by atoms with Gasteiger partial charge in [-0.25, -0.2) is 9.37 Å². The van der Waals surface area contributed by atoms with Gasteiger partial charge in [0.1, 0.15) is 0 Å². The molecule has 2 aromatic heterocycles. The molecule has 2 rings (SSSR count). The molecule has 0 spiro atoms. The quantitative estimate of drug-likeness (QED) is 0.804. The first-order chi connectivity index (χ1) is 9.11. The Bertz CT molecular complexity index is 574. The second kappa shape index (κ2) is 5.97. The minimum absolute atomic E-state index is 0.137. The largest absolute Gasteiger partial charge is 0.351 e. The minimum atomic E-state index is -0.368. The summed E-state index contributed by atoms with van der Waals surface area (Å²) in [5.74, 6) is 0.0619. The molecule has 0 radical (unpaired) electrons. The zero-order chi connectivity index (χ0) is 13.8. The summed E-state index contributed by atoms with van der Waals surface area (Å²) in [6.45, 7) is 2.42. The lowest BCUT2D eigenvalue weighted by molar-refractivity contribution is 0.603. The second-order valence-electron chi connectivity index (χ2n) is 4.37. The van der Waals surface area contributed by atoms with Crippen LogP contribution in [-0.4, -0.2) is 17.0 Å². The molecule has 0 aliphatic carbocycles. The highest BCUT2D eigenvalue weighted by Gasteiger charge is 2.13. The van der Waals surface area contributed by atoms with Crippen LogP contribution in [0.5, 0.6) is 0 Å². The standard InChI is InChI=1S/C14H15ClFN3/c1-10-4-3-5-12(18-10)9-19(2)14-13(16)11(8-15)6-7-17-14/h3-7H,8-9H2,1-2H3. The molecule has 0 aromatic carbocycles. The van der Waals surface area contributed by atoms with Crippen molar-refractivity contribution in [3.8, 4) is 0 Å². The molecule has 0 aliphatic rings. The number of halogens is 2. The van der Waals surface area contributed by atoms with Crippen LogP contribution in [0.4, 0.5) is 10.2 Å². The van der Waals surface area contributed by atoms with Gasteiger partial charge < -0.3 is 4.90 Å². The molecule has 2 heterocycles. The van der Waals surface area contributed by atoms with Gasteiger partial charge in [0.15, 0.2) is 11.6 Å². The van der Waals surface area contributed by atoms with Crippen molar-refractivity contribution < 1.29 is 4.39 Å². The van der Waals surface area contributed by atoms with Crippen molar-refractivity contribution in [3.63, 3.8) is 0 Å². The predicted octanol–water partition coefficient (Wildman–Crippen LogP) is 3.30. The van der Waals surface area contributed by atoms with Crippen LogP contribution in [0.2, 0.25) is 0 Å². The zero-order valence-electron chi connectivity index (χ0n) is 10.9. The van der Waals surface area contributed by atoms with E-state index in [1.165, 1.54) is 0 Å². The van der Waals surface area contributed by atoms with Gasteiger partial charge in [-0.2, -0.15) is 0 Å². The smallest absolute Gasteiger partial charge is 0.170 e. The van der Waals surface area contributed by atoms with E-state index in [-0.39, 0.29) is 11.7 Å². The number of hydrogen-bond donors (Lipinski definition) is 0. The van der Waals surface area contributed by atoms with E-state index < -0.39 is 0 Å². The van der Waals surface area contributed by atoms with Gasteiger partial charge in [0.25, 0.3) is 0 Å². The molecule has 19 heavy (non-hydrogen) atoms. The van der Waals surface area contributed by atoms with Crippen LogP contribution in [-0.2, 0) is 12.4 Å². The van der Waals surface area contributed by atoms with Gasteiger partial charge in [-0.3, -0.25) is 4.98 Å². The highest BCUT2D eigenvalue weighted by Crippen LogP contribution is 2.20. The first-order valence-electron chi connectivity index (χ1n) is 5.95. The van der Waals surface area contributed by atoms with Crippen LogP contribution in [0.15, 0.2) is 30.5 Å². The molecule has 0 bridgehead atoms. The molecular formula is C14H15ClFN3. The SMILES string of the molecule is Cc1cccc(CN(C)c2nccc(CCl)c2F)n1. The van der Waals surface area contributed by atoms with Gasteiger partial charge in [0, 0.05) is 24.5 Å². The molecule has 100 valence electrons. The normalized spacial score (nSPS) is 10.5. The molecule has 0 amide bonds. The Hall–Kier alpha value is -1.68. The number of anilines is 1. The highest BCUT2D eigenvalue weighted by atomic mass is 35.5. The van der Waals surface area contributed by atoms with Gasteiger partial charge >= 0.3 is 0 Å². The molecular weight excluding hydrogens is 265 g/mol. The fourth-order valence-electron chi connectivity index (χ4n) is 1.85. The Kier molecular flexibility index (Phi) is 4.32. The molecule has 3 nitrogen and oxygen atoms in total. The Morgan fingerprint density at radius 3 is 2.79 bits per heavy atom. The van der Waals surface area contributed by atoms with E-state index in [1.54, 1.807) is 24.2 Å². The first-order valence-corrected chi connectivity index (χ1v) is 6.48. The lowest BCUT2D eigenvalue weighted by atomic mass is 10.2. The Balaban J connectivity index is 2.23. The number of alkyl halides is 1. The van der Waals surface area contributed by atoms with E-state index in [1.807, 2.05) is 25.1 Å². The molecule has 0 saturated heterocycles. The van der Waals surface area contributed by atoms with Crippen LogP contribution in [0.1, 0.15) is 17.0 Å². The average Bonchev–Trinajstić information content (AvgIpc) is 2.39. The van der Waals surface area contributed by atoms with Crippen molar-refractivity contribution >= 4 is 17.4 Å². The van der Waals surface area contributed by atoms with E-state index in [4.69, 9.17) is 11.6 Å². The summed E-state index contributed by atoms with van der Waals surface area (Å²) >= 11 is 5.69. The molecule has 0 unspecified atom stereocenters. The third kappa shape index (κ3) is 3.20. The number of aryl methyl sites for hydroxylation is 1. The van der Waals surface area contributed by atoms with Crippen molar-refractivity contribution in [2.24, 2.45) is 0 Å². The number of hydrogen-bond acceptors (Lipinski definition) is 3. The van der Waals surface area contributed by atoms with E-state index in [9.17, 15) is 4.39 Å². The second-order valence-corrected chi connectivity index (χ2v) is 4.63. The zero-order valence-corrected chi connectivity index (χ0v) is 11.7. The number of aromatic nitrogens is 2. The van der Waals surface area contributed by atoms with Crippen molar-refractivity contribution in [1.29, 1.82) is 0 Å². The van der Waals surface area contributed by atoms with Gasteiger partial charge in [-0.15, -0.1) is 11.6 Å². The van der Waals surface area contributed by atoms with Crippen LogP contribution in [0.3, 0.4) is 0 Å². The van der Waals surface area contributed by atoms with Crippen LogP contribution < -0.4 is 4.90 Å². The van der Waals surface area contributed by atoms with Crippen molar-refractivity contribution in [2.75, 3.05) is 11.9 Å². The van der Waals surface area contributed by atoms with Crippen molar-refractivity contribution in [2.45, 2.75) is 19.3 Å². The maximum absolute atomic E-state index is 14.1. The fourth-order valence-corrected chi connectivity index (χ4v) is 2.05. The Labute approximate surface area is 117 Å². The van der Waals surface area contributed by atoms with Crippen LogP contribution >= 0.6 is 11.6 Å². The molecule has 0 N–H and O–H groups in total. The van der Waals surface area contributed by atoms with Crippen LogP contribution in [0, 0.1) is 12.7 Å². The number of rotatable bonds is 4. The summed E-state index contributed by atoms with van der Waals surface area (Å²) in [6, 6.07) is 7.36. The lowest BCUT2D eigenvalue weighted by Gasteiger charge is -2.19. The molecule has 5 heteroatoms. The maximum atomic E-state index is 14.1. The van der Waals surface area contributed by atoms with E-state index in [2.05, 4.69) is 9.97 Å². The Morgan fingerprint density at radius 1 is 1.32 bits per heavy atom. The average molecular weight is 280 g/mol. The third-order valence-electron chi connectivity index (χ3n) is 2.80. The molecule has 2 aromatic rings. The summed E-state index contributed by atoms with van der Waals surface area (Å²) in [6.07, 6.45) is 1.57. The monoisotopic (exact) mass is 279 g/mol. The molecule has 0 aliphatic heterocycles. The first kappa shape index (κ1) is 13.7. The van der Waals surface area contributed by atoms with Gasteiger partial charge in [-0.1, -0.05) is 6.07 Å². The Morgan fingerprint density at radius 2 is 2.11 bits per heavy atom. The van der Waals surface area contributed by atoms with Gasteiger partial charge in [0.05, 0.1) is 18.1 Å². The summed E-state index contributed by atoms with van der Waals surface area (Å²) in [7, 11) is 1.79. The van der Waals surface area contributed by atoms with Crippen LogP contribution in [0.25, 0.3) is 0 Å². The summed E-state index contributed by atoms with van der Waals surface area (Å²) < 4.78 is 14.1. The molecule has 0 atom stereocenters. The van der Waals surface area contributed by atoms with Gasteiger partial charge in [-0.05, 0) is 25.1 Å². The third-order valence-corrected chi connectivity index (χ3v) is 3.09. The van der Waals surface area contributed by atoms with E-state index >= 15 is 0 Å². The summed E-state index contributed by atoms with van der Waals surface area (Å²) in [5.41, 5.74) is 2.27. The van der Waals surface area contributed by atoms with Gasteiger partial charge in [0.2, 0.25) is 0 Å². The number of nitrogens with zero attached hydrogens (tertiary/aromatic N) is 3. The summed E-state index contributed by atoms with van der Waals surface area (Å²) in [4.78, 5) is 10.2. The number of pyridine rings is 2. The van der Waals surface area contributed by atoms with E-state index in [0.717, 1.165) is 11.4 Å². The maximum Gasteiger partial charge on any atom is 0.170 e. The molecule has 0 fully saturated rings.